The van der Waals surface area contributed by atoms with Crippen molar-refractivity contribution in [3.8, 4) is 0 Å². The number of hydrogen-bond acceptors (Lipinski definition) is 6. The lowest BCUT2D eigenvalue weighted by molar-refractivity contribution is 0.0464. The molecule has 0 saturated carbocycles. The van der Waals surface area contributed by atoms with Gasteiger partial charge in [0.2, 0.25) is 10.0 Å². The summed E-state index contributed by atoms with van der Waals surface area (Å²) >= 11 is 0. The van der Waals surface area contributed by atoms with E-state index in [9.17, 15) is 13.2 Å². The molecule has 1 fully saturated rings. The lowest BCUT2D eigenvalue weighted by Crippen LogP contribution is -2.41. The Morgan fingerprint density at radius 1 is 1.31 bits per heavy atom. The maximum absolute atomic E-state index is 12.8. The molecule has 7 nitrogen and oxygen atoms in total. The Labute approximate surface area is 153 Å². The number of piperidine rings is 1. The van der Waals surface area contributed by atoms with E-state index in [1.54, 1.807) is 13.0 Å². The molecule has 8 heteroatoms. The number of hydrogen-bond donors (Lipinski definition) is 0. The third kappa shape index (κ3) is 3.96. The molecule has 0 aliphatic carbocycles. The number of aryl methyl sites for hydroxylation is 1. The first-order chi connectivity index (χ1) is 12.4. The molecule has 2 heterocycles. The Balaban J connectivity index is 1.68. The highest BCUT2D eigenvalue weighted by molar-refractivity contribution is 7.89. The van der Waals surface area contributed by atoms with Crippen molar-refractivity contribution >= 4 is 16.0 Å². The molecule has 0 N–H and O–H groups in total. The van der Waals surface area contributed by atoms with Crippen LogP contribution in [0.25, 0.3) is 0 Å². The van der Waals surface area contributed by atoms with Crippen LogP contribution in [0, 0.1) is 6.92 Å². The van der Waals surface area contributed by atoms with Crippen LogP contribution in [0.4, 0.5) is 0 Å². The zero-order valence-corrected chi connectivity index (χ0v) is 15.7. The summed E-state index contributed by atoms with van der Waals surface area (Å²) < 4.78 is 37.2. The summed E-state index contributed by atoms with van der Waals surface area (Å²) in [5, 5.41) is 3.75. The van der Waals surface area contributed by atoms with Gasteiger partial charge in [-0.3, -0.25) is 0 Å². The Hall–Kier alpha value is -2.19. The number of ether oxygens (including phenoxy) is 1. The summed E-state index contributed by atoms with van der Waals surface area (Å²) in [6.45, 7) is 4.21. The van der Waals surface area contributed by atoms with E-state index >= 15 is 0 Å². The predicted molar refractivity (Wildman–Crippen MR) is 94.0 cm³/mol. The lowest BCUT2D eigenvalue weighted by atomic mass is 10.1. The van der Waals surface area contributed by atoms with E-state index in [1.807, 2.05) is 6.92 Å². The standard InChI is InChI=1S/C18H22N2O5S/c1-13-5-3-4-10-20(13)26(22,23)17-8-6-15(7-9-17)18(21)24-12-16-11-14(2)25-19-16/h6-9,11,13H,3-5,10,12H2,1-2H3/t13-/m0/s1. The number of benzene rings is 1. The molecule has 1 aromatic carbocycles. The monoisotopic (exact) mass is 378 g/mol. The molecule has 3 rings (SSSR count). The van der Waals surface area contributed by atoms with Crippen molar-refractivity contribution in [1.82, 2.24) is 9.46 Å². The van der Waals surface area contributed by atoms with Crippen LogP contribution in [-0.4, -0.2) is 36.4 Å². The average Bonchev–Trinajstić information content (AvgIpc) is 3.05. The summed E-state index contributed by atoms with van der Waals surface area (Å²) in [4.78, 5) is 12.3. The van der Waals surface area contributed by atoms with E-state index in [4.69, 9.17) is 9.26 Å². The molecule has 140 valence electrons. The van der Waals surface area contributed by atoms with Crippen molar-refractivity contribution < 1.29 is 22.5 Å². The first kappa shape index (κ1) is 18.6. The van der Waals surface area contributed by atoms with Crippen LogP contribution in [0.5, 0.6) is 0 Å². The van der Waals surface area contributed by atoms with Gasteiger partial charge in [-0.05, 0) is 51.0 Å². The molecule has 26 heavy (non-hydrogen) atoms. The van der Waals surface area contributed by atoms with Gasteiger partial charge in [0, 0.05) is 18.7 Å². The van der Waals surface area contributed by atoms with Crippen LogP contribution in [0.3, 0.4) is 0 Å². The van der Waals surface area contributed by atoms with Gasteiger partial charge in [-0.1, -0.05) is 11.6 Å². The second kappa shape index (κ2) is 7.59. The van der Waals surface area contributed by atoms with Crippen molar-refractivity contribution in [3.63, 3.8) is 0 Å². The molecule has 2 aromatic rings. The van der Waals surface area contributed by atoms with Crippen molar-refractivity contribution in [1.29, 1.82) is 0 Å². The van der Waals surface area contributed by atoms with Crippen LogP contribution in [-0.2, 0) is 21.4 Å². The van der Waals surface area contributed by atoms with Crippen molar-refractivity contribution in [3.05, 3.63) is 47.3 Å². The Kier molecular flexibility index (Phi) is 5.43. The lowest BCUT2D eigenvalue weighted by Gasteiger charge is -2.32. The summed E-state index contributed by atoms with van der Waals surface area (Å²) in [5.41, 5.74) is 0.810. The van der Waals surface area contributed by atoms with E-state index in [1.165, 1.54) is 28.6 Å². The third-order valence-corrected chi connectivity index (χ3v) is 6.49. The van der Waals surface area contributed by atoms with Crippen LogP contribution in [0.1, 0.15) is 48.0 Å². The normalized spacial score (nSPS) is 18.6. The van der Waals surface area contributed by atoms with Gasteiger partial charge in [-0.2, -0.15) is 4.31 Å². The molecule has 0 bridgehead atoms. The van der Waals surface area contributed by atoms with Gasteiger partial charge in [0.15, 0.2) is 0 Å². The van der Waals surface area contributed by atoms with Crippen LogP contribution >= 0.6 is 0 Å². The molecule has 0 radical (unpaired) electrons. The van der Waals surface area contributed by atoms with E-state index in [0.717, 1.165) is 19.3 Å². The van der Waals surface area contributed by atoms with Crippen LogP contribution in [0.2, 0.25) is 0 Å². The minimum Gasteiger partial charge on any atom is -0.455 e. The smallest absolute Gasteiger partial charge is 0.338 e. The summed E-state index contributed by atoms with van der Waals surface area (Å²) in [7, 11) is -3.55. The first-order valence-corrected chi connectivity index (χ1v) is 10.0. The number of carbonyl (C=O) groups is 1. The van der Waals surface area contributed by atoms with Gasteiger partial charge < -0.3 is 9.26 Å². The van der Waals surface area contributed by atoms with Crippen LogP contribution in [0.15, 0.2) is 39.8 Å². The molecule has 0 amide bonds. The molecule has 1 saturated heterocycles. The van der Waals surface area contributed by atoms with Gasteiger partial charge in [0.05, 0.1) is 10.5 Å². The van der Waals surface area contributed by atoms with Gasteiger partial charge in [0.1, 0.15) is 18.1 Å². The fourth-order valence-corrected chi connectivity index (χ4v) is 4.74. The van der Waals surface area contributed by atoms with Crippen molar-refractivity contribution in [2.45, 2.75) is 50.7 Å². The molecular weight excluding hydrogens is 356 g/mol. The summed E-state index contributed by atoms with van der Waals surface area (Å²) in [6, 6.07) is 7.52. The quantitative estimate of drug-likeness (QED) is 0.743. The van der Waals surface area contributed by atoms with Crippen molar-refractivity contribution in [2.75, 3.05) is 6.54 Å². The Morgan fingerprint density at radius 2 is 2.04 bits per heavy atom. The topological polar surface area (TPSA) is 89.7 Å². The highest BCUT2D eigenvalue weighted by atomic mass is 32.2. The third-order valence-electron chi connectivity index (χ3n) is 4.47. The number of nitrogens with zero attached hydrogens (tertiary/aromatic N) is 2. The van der Waals surface area contributed by atoms with E-state index < -0.39 is 16.0 Å². The molecule has 1 aliphatic heterocycles. The number of aromatic nitrogens is 1. The molecule has 1 atom stereocenters. The number of esters is 1. The SMILES string of the molecule is Cc1cc(COC(=O)c2ccc(S(=O)(=O)N3CCCC[C@@H]3C)cc2)no1. The average molecular weight is 378 g/mol. The van der Waals surface area contributed by atoms with Crippen LogP contribution < -0.4 is 0 Å². The number of rotatable bonds is 5. The molecule has 1 aromatic heterocycles. The fraction of sp³-hybridized carbons (Fsp3) is 0.444. The van der Waals surface area contributed by atoms with E-state index in [2.05, 4.69) is 5.16 Å². The van der Waals surface area contributed by atoms with E-state index in [0.29, 0.717) is 18.0 Å². The second-order valence-electron chi connectivity index (χ2n) is 6.49. The summed E-state index contributed by atoms with van der Waals surface area (Å²) in [6.07, 6.45) is 2.78. The van der Waals surface area contributed by atoms with Gasteiger partial charge >= 0.3 is 5.97 Å². The Morgan fingerprint density at radius 3 is 2.65 bits per heavy atom. The van der Waals surface area contributed by atoms with Gasteiger partial charge in [0.25, 0.3) is 0 Å². The summed E-state index contributed by atoms with van der Waals surface area (Å²) in [5.74, 6) is 0.0958. The molecule has 1 aliphatic rings. The molecule has 0 unspecified atom stereocenters. The number of sulfonamides is 1. The zero-order chi connectivity index (χ0) is 18.7. The predicted octanol–water partition coefficient (Wildman–Crippen LogP) is 2.90. The largest absolute Gasteiger partial charge is 0.455 e. The highest BCUT2D eigenvalue weighted by Crippen LogP contribution is 2.25. The van der Waals surface area contributed by atoms with Gasteiger partial charge in [-0.25, -0.2) is 13.2 Å². The maximum atomic E-state index is 12.8. The zero-order valence-electron chi connectivity index (χ0n) is 14.8. The molecule has 0 spiro atoms. The second-order valence-corrected chi connectivity index (χ2v) is 8.38. The van der Waals surface area contributed by atoms with Gasteiger partial charge in [-0.15, -0.1) is 0 Å². The number of carbonyl (C=O) groups excluding carboxylic acids is 1. The first-order valence-electron chi connectivity index (χ1n) is 8.59. The highest BCUT2D eigenvalue weighted by Gasteiger charge is 2.30. The fourth-order valence-electron chi connectivity index (χ4n) is 3.04. The van der Waals surface area contributed by atoms with E-state index in [-0.39, 0.29) is 23.1 Å². The Bertz CT molecular complexity index is 873. The molecular formula is C18H22N2O5S. The van der Waals surface area contributed by atoms with Crippen molar-refractivity contribution in [2.24, 2.45) is 0 Å². The maximum Gasteiger partial charge on any atom is 0.338 e. The minimum absolute atomic E-state index is 0.00150. The minimum atomic E-state index is -3.55.